The van der Waals surface area contributed by atoms with Gasteiger partial charge in [-0.15, -0.1) is 0 Å². The molecule has 2 aromatic heterocycles. The van der Waals surface area contributed by atoms with Crippen LogP contribution in [0.25, 0.3) is 16.9 Å². The zero-order valence-corrected chi connectivity index (χ0v) is 29.5. The minimum absolute atomic E-state index is 0.303. The van der Waals surface area contributed by atoms with E-state index in [2.05, 4.69) is 54.7 Å². The lowest BCUT2D eigenvalue weighted by atomic mass is 9.89. The van der Waals surface area contributed by atoms with Gasteiger partial charge in [0.05, 0.1) is 30.9 Å². The van der Waals surface area contributed by atoms with E-state index in [9.17, 15) is 0 Å². The minimum atomic E-state index is 0.303. The van der Waals surface area contributed by atoms with Crippen molar-refractivity contribution >= 4 is 57.4 Å². The van der Waals surface area contributed by atoms with E-state index in [1.807, 2.05) is 34.9 Å². The summed E-state index contributed by atoms with van der Waals surface area (Å²) in [5.74, 6) is 3.46. The van der Waals surface area contributed by atoms with Crippen LogP contribution in [0.5, 0.6) is 11.5 Å². The molecule has 49 heavy (non-hydrogen) atoms. The summed E-state index contributed by atoms with van der Waals surface area (Å²) in [6, 6.07) is 19.9. The summed E-state index contributed by atoms with van der Waals surface area (Å²) in [6.07, 6.45) is 8.63. The lowest BCUT2D eigenvalue weighted by Gasteiger charge is -2.37. The summed E-state index contributed by atoms with van der Waals surface area (Å²) < 4.78 is 12.8. The first kappa shape index (κ1) is 33.4. The molecule has 0 radical (unpaired) electrons. The SMILES string of the molecule is COc1cc(OC)c(Cl)c(Nc2nc3ccccc3n2-c2cc(Nc3ccc(CN4CCN(CC5CCCCC5)CC4)cc3)ncn2)c1Cl. The lowest BCUT2D eigenvalue weighted by molar-refractivity contribution is 0.105. The highest BCUT2D eigenvalue weighted by molar-refractivity contribution is 6.41. The fourth-order valence-electron chi connectivity index (χ4n) is 6.95. The Bertz CT molecular complexity index is 1860. The number of hydrogen-bond acceptors (Lipinski definition) is 9. The molecule has 0 atom stereocenters. The fraction of sp³-hybridized carbons (Fsp3) is 0.378. The largest absolute Gasteiger partial charge is 0.495 e. The van der Waals surface area contributed by atoms with Gasteiger partial charge in [0.2, 0.25) is 5.95 Å². The Morgan fingerprint density at radius 2 is 1.49 bits per heavy atom. The van der Waals surface area contributed by atoms with Crippen molar-refractivity contribution in [3.05, 3.63) is 82.6 Å². The third-order valence-corrected chi connectivity index (χ3v) is 10.3. The van der Waals surface area contributed by atoms with Crippen molar-refractivity contribution in [2.24, 2.45) is 5.92 Å². The van der Waals surface area contributed by atoms with E-state index in [1.54, 1.807) is 6.07 Å². The highest BCUT2D eigenvalue weighted by atomic mass is 35.5. The van der Waals surface area contributed by atoms with Gasteiger partial charge in [0, 0.05) is 57.1 Å². The topological polar surface area (TPSA) is 92.6 Å². The van der Waals surface area contributed by atoms with Crippen LogP contribution in [0.2, 0.25) is 10.0 Å². The maximum absolute atomic E-state index is 6.71. The maximum Gasteiger partial charge on any atom is 0.214 e. The molecule has 3 heterocycles. The average Bonchev–Trinajstić information content (AvgIpc) is 3.50. The third kappa shape index (κ3) is 7.57. The van der Waals surface area contributed by atoms with Crippen LogP contribution in [-0.4, -0.2) is 76.3 Å². The number of piperazine rings is 1. The van der Waals surface area contributed by atoms with Gasteiger partial charge in [-0.05, 0) is 48.6 Å². The Labute approximate surface area is 297 Å². The van der Waals surface area contributed by atoms with Crippen LogP contribution in [0, 0.1) is 5.92 Å². The van der Waals surface area contributed by atoms with Crippen LogP contribution in [0.15, 0.2) is 67.0 Å². The van der Waals surface area contributed by atoms with Crippen LogP contribution in [0.3, 0.4) is 0 Å². The number of rotatable bonds is 11. The molecule has 2 N–H and O–H groups in total. The summed E-state index contributed by atoms with van der Waals surface area (Å²) >= 11 is 13.4. The van der Waals surface area contributed by atoms with Gasteiger partial charge < -0.3 is 25.0 Å². The normalized spacial score (nSPS) is 16.2. The highest BCUT2D eigenvalue weighted by Gasteiger charge is 2.23. The van der Waals surface area contributed by atoms with Crippen molar-refractivity contribution in [2.45, 2.75) is 38.6 Å². The van der Waals surface area contributed by atoms with Crippen LogP contribution in [-0.2, 0) is 6.54 Å². The average molecular weight is 702 g/mol. The molecule has 12 heteroatoms. The summed E-state index contributed by atoms with van der Waals surface area (Å²) in [6.45, 7) is 6.84. The number of fused-ring (bicyclic) bond motifs is 1. The number of methoxy groups -OCH3 is 2. The van der Waals surface area contributed by atoms with Crippen molar-refractivity contribution in [3.8, 4) is 17.3 Å². The van der Waals surface area contributed by atoms with Crippen LogP contribution >= 0.6 is 23.2 Å². The predicted octanol–water partition coefficient (Wildman–Crippen LogP) is 8.32. The molecule has 1 aliphatic heterocycles. The Balaban J connectivity index is 1.05. The Morgan fingerprint density at radius 3 is 2.20 bits per heavy atom. The number of ether oxygens (including phenoxy) is 2. The number of hydrogen-bond donors (Lipinski definition) is 2. The molecule has 7 rings (SSSR count). The van der Waals surface area contributed by atoms with Gasteiger partial charge in [-0.25, -0.2) is 15.0 Å². The molecular formula is C37H42Cl2N8O2. The van der Waals surface area contributed by atoms with E-state index in [0.717, 1.165) is 42.3 Å². The van der Waals surface area contributed by atoms with E-state index in [1.165, 1.54) is 77.8 Å². The summed E-state index contributed by atoms with van der Waals surface area (Å²) in [5.41, 5.74) is 4.27. The van der Waals surface area contributed by atoms with Gasteiger partial charge in [-0.3, -0.25) is 9.47 Å². The van der Waals surface area contributed by atoms with E-state index < -0.39 is 0 Å². The molecule has 10 nitrogen and oxygen atoms in total. The molecule has 0 bridgehead atoms. The summed E-state index contributed by atoms with van der Waals surface area (Å²) in [4.78, 5) is 19.2. The van der Waals surface area contributed by atoms with E-state index in [0.29, 0.717) is 44.8 Å². The van der Waals surface area contributed by atoms with Gasteiger partial charge in [-0.2, -0.15) is 0 Å². The van der Waals surface area contributed by atoms with E-state index >= 15 is 0 Å². The standard InChI is InChI=1S/C37H42Cl2N8O2/c1-48-30-20-31(49-2)35(39)36(34(30)38)44-37-43-28-10-6-7-11-29(28)47(37)33-21-32(40-24-41-33)42-27-14-12-26(13-15-27)23-46-18-16-45(17-19-46)22-25-8-4-3-5-9-25/h6-7,10-15,20-21,24-25H,3-5,8-9,16-19,22-23H2,1-2H3,(H,43,44)(H,40,41,42). The number of halogens is 2. The van der Waals surface area contributed by atoms with Crippen LogP contribution in [0.4, 0.5) is 23.1 Å². The van der Waals surface area contributed by atoms with Crippen LogP contribution < -0.4 is 20.1 Å². The van der Waals surface area contributed by atoms with Crippen molar-refractivity contribution in [1.29, 1.82) is 0 Å². The summed E-state index contributed by atoms with van der Waals surface area (Å²) in [5, 5.41) is 7.37. The molecule has 0 unspecified atom stereocenters. The fourth-order valence-corrected chi connectivity index (χ4v) is 7.55. The second-order valence-corrected chi connectivity index (χ2v) is 13.6. The smallest absolute Gasteiger partial charge is 0.214 e. The molecule has 2 fully saturated rings. The molecular weight excluding hydrogens is 659 g/mol. The molecule has 2 aliphatic rings. The number of nitrogens with one attached hydrogen (secondary N) is 2. The molecule has 5 aromatic rings. The molecule has 256 valence electrons. The van der Waals surface area contributed by atoms with Gasteiger partial charge >= 0.3 is 0 Å². The van der Waals surface area contributed by atoms with Crippen molar-refractivity contribution in [3.63, 3.8) is 0 Å². The second-order valence-electron chi connectivity index (χ2n) is 12.8. The van der Waals surface area contributed by atoms with Gasteiger partial charge in [0.1, 0.15) is 39.5 Å². The van der Waals surface area contributed by atoms with Gasteiger partial charge in [0.15, 0.2) is 0 Å². The van der Waals surface area contributed by atoms with E-state index in [-0.39, 0.29) is 0 Å². The zero-order valence-electron chi connectivity index (χ0n) is 28.0. The molecule has 1 aliphatic carbocycles. The molecule has 1 saturated carbocycles. The van der Waals surface area contributed by atoms with Gasteiger partial charge in [-0.1, -0.05) is 66.7 Å². The molecule has 0 amide bonds. The number of para-hydroxylation sites is 2. The third-order valence-electron chi connectivity index (χ3n) is 9.59. The minimum Gasteiger partial charge on any atom is -0.495 e. The Hall–Kier alpha value is -4.09. The van der Waals surface area contributed by atoms with Crippen LogP contribution in [0.1, 0.15) is 37.7 Å². The lowest BCUT2D eigenvalue weighted by Crippen LogP contribution is -2.47. The monoisotopic (exact) mass is 700 g/mol. The predicted molar refractivity (Wildman–Crippen MR) is 198 cm³/mol. The number of nitrogens with zero attached hydrogens (tertiary/aromatic N) is 6. The highest BCUT2D eigenvalue weighted by Crippen LogP contribution is 2.45. The number of aromatic nitrogens is 4. The van der Waals surface area contributed by atoms with Gasteiger partial charge in [0.25, 0.3) is 0 Å². The quantitative estimate of drug-likeness (QED) is 0.141. The molecule has 1 saturated heterocycles. The van der Waals surface area contributed by atoms with Crippen molar-refractivity contribution in [1.82, 2.24) is 29.3 Å². The number of imidazole rings is 1. The molecule has 0 spiro atoms. The molecule has 3 aromatic carbocycles. The first-order valence-electron chi connectivity index (χ1n) is 17.0. The van der Waals surface area contributed by atoms with Crippen molar-refractivity contribution < 1.29 is 9.47 Å². The number of benzene rings is 3. The first-order chi connectivity index (χ1) is 24.0. The number of anilines is 4. The van der Waals surface area contributed by atoms with Crippen molar-refractivity contribution in [2.75, 3.05) is 57.6 Å². The first-order valence-corrected chi connectivity index (χ1v) is 17.7. The Kier molecular flexibility index (Phi) is 10.4. The Morgan fingerprint density at radius 1 is 0.796 bits per heavy atom. The maximum atomic E-state index is 6.71. The summed E-state index contributed by atoms with van der Waals surface area (Å²) in [7, 11) is 3.08. The zero-order chi connectivity index (χ0) is 33.7. The second kappa shape index (κ2) is 15.2. The van der Waals surface area contributed by atoms with E-state index in [4.69, 9.17) is 37.7 Å².